The van der Waals surface area contributed by atoms with E-state index >= 15 is 0 Å². The Hall–Kier alpha value is -3.78. The molecule has 0 unspecified atom stereocenters. The highest BCUT2D eigenvalue weighted by Gasteiger charge is 2.30. The topological polar surface area (TPSA) is 70.8 Å². The van der Waals surface area contributed by atoms with E-state index in [-0.39, 0.29) is 11.3 Å². The summed E-state index contributed by atoms with van der Waals surface area (Å²) in [5, 5.41) is 12.3. The molecule has 1 amide bonds. The number of alkyl halides is 3. The number of aromatic carboxylic acids is 1. The molecular weight excluding hydrogens is 481 g/mol. The zero-order valence-electron chi connectivity index (χ0n) is 18.4. The molecule has 1 atom stereocenters. The lowest BCUT2D eigenvalue weighted by Crippen LogP contribution is -2.28. The zero-order valence-corrected chi connectivity index (χ0v) is 19.2. The highest BCUT2D eigenvalue weighted by Crippen LogP contribution is 2.30. The number of rotatable bonds is 6. The highest BCUT2D eigenvalue weighted by molar-refractivity contribution is 6.31. The molecule has 0 aliphatic heterocycles. The summed E-state index contributed by atoms with van der Waals surface area (Å²) in [7, 11) is 0. The maximum Gasteiger partial charge on any atom is 0.416 e. The Balaban J connectivity index is 1.61. The van der Waals surface area contributed by atoms with E-state index in [2.05, 4.69) is 5.32 Å². The maximum absolute atomic E-state index is 13.2. The second-order valence-corrected chi connectivity index (χ2v) is 8.57. The molecule has 0 saturated carbocycles. The van der Waals surface area contributed by atoms with Gasteiger partial charge in [0.15, 0.2) is 0 Å². The monoisotopic (exact) mass is 500 g/mol. The number of hydrogen-bond acceptors (Lipinski definition) is 2. The Bertz CT molecular complexity index is 1390. The number of nitrogens with one attached hydrogen (secondary N) is 1. The lowest BCUT2D eigenvalue weighted by molar-refractivity contribution is -0.137. The van der Waals surface area contributed by atoms with Gasteiger partial charge in [0.1, 0.15) is 5.69 Å². The summed E-state index contributed by atoms with van der Waals surface area (Å²) in [5.74, 6) is -1.44. The van der Waals surface area contributed by atoms with Crippen LogP contribution in [0.25, 0.3) is 5.52 Å². The minimum Gasteiger partial charge on any atom is -0.478 e. The fourth-order valence-electron chi connectivity index (χ4n) is 3.88. The van der Waals surface area contributed by atoms with Crippen molar-refractivity contribution in [3.05, 3.63) is 111 Å². The molecule has 0 aliphatic carbocycles. The Morgan fingerprint density at radius 1 is 1.00 bits per heavy atom. The SMILES string of the molecule is C[C@H](NC(=O)c1cc(Cl)cc2ccc(Cc3ccc(C(F)(F)F)cc3)n12)c1ccc(C(=O)O)cc1. The van der Waals surface area contributed by atoms with E-state index in [0.717, 1.165) is 17.7 Å². The van der Waals surface area contributed by atoms with E-state index in [1.54, 1.807) is 41.7 Å². The van der Waals surface area contributed by atoms with Crippen LogP contribution in [0.2, 0.25) is 5.02 Å². The van der Waals surface area contributed by atoms with Crippen molar-refractivity contribution in [1.29, 1.82) is 0 Å². The number of benzene rings is 2. The Morgan fingerprint density at radius 2 is 1.66 bits per heavy atom. The Morgan fingerprint density at radius 3 is 2.26 bits per heavy atom. The molecule has 0 bridgehead atoms. The first-order valence-corrected chi connectivity index (χ1v) is 11.0. The number of nitrogens with zero attached hydrogens (tertiary/aromatic N) is 1. The van der Waals surface area contributed by atoms with Crippen LogP contribution in [0.3, 0.4) is 0 Å². The first-order valence-electron chi connectivity index (χ1n) is 10.6. The number of carboxylic acid groups (broad SMARTS) is 1. The predicted molar refractivity (Wildman–Crippen MR) is 126 cm³/mol. The molecule has 2 aromatic heterocycles. The van der Waals surface area contributed by atoms with Gasteiger partial charge in [-0.05, 0) is 66.6 Å². The number of carbonyl (C=O) groups is 2. The fourth-order valence-corrected chi connectivity index (χ4v) is 4.09. The van der Waals surface area contributed by atoms with Gasteiger partial charge in [0.05, 0.1) is 17.2 Å². The van der Waals surface area contributed by atoms with Crippen LogP contribution in [0.15, 0.2) is 72.8 Å². The number of fused-ring (bicyclic) bond motifs is 1. The normalized spacial score (nSPS) is 12.5. The van der Waals surface area contributed by atoms with E-state index in [4.69, 9.17) is 16.7 Å². The number of carbonyl (C=O) groups excluding carboxylic acids is 1. The second-order valence-electron chi connectivity index (χ2n) is 8.14. The molecule has 9 heteroatoms. The molecule has 35 heavy (non-hydrogen) atoms. The Kier molecular flexibility index (Phi) is 6.58. The van der Waals surface area contributed by atoms with E-state index in [1.807, 2.05) is 0 Å². The summed E-state index contributed by atoms with van der Waals surface area (Å²) in [6, 6.07) is 17.5. The van der Waals surface area contributed by atoms with E-state index in [1.165, 1.54) is 30.3 Å². The minimum atomic E-state index is -4.41. The van der Waals surface area contributed by atoms with Crippen molar-refractivity contribution in [2.24, 2.45) is 0 Å². The third-order valence-corrected chi connectivity index (χ3v) is 5.92. The molecule has 0 fully saturated rings. The van der Waals surface area contributed by atoms with Crippen molar-refractivity contribution in [3.63, 3.8) is 0 Å². The van der Waals surface area contributed by atoms with Gasteiger partial charge in [0.25, 0.3) is 5.91 Å². The predicted octanol–water partition coefficient (Wildman–Crippen LogP) is 6.39. The molecule has 5 nitrogen and oxygen atoms in total. The summed E-state index contributed by atoms with van der Waals surface area (Å²) < 4.78 is 40.4. The molecular formula is C26H20ClF3N2O3. The fraction of sp³-hybridized carbons (Fsp3) is 0.154. The third-order valence-electron chi connectivity index (χ3n) is 5.70. The minimum absolute atomic E-state index is 0.143. The average Bonchev–Trinajstić information content (AvgIpc) is 3.20. The maximum atomic E-state index is 13.2. The molecule has 2 N–H and O–H groups in total. The van der Waals surface area contributed by atoms with Gasteiger partial charge >= 0.3 is 12.1 Å². The number of halogens is 4. The van der Waals surface area contributed by atoms with Gasteiger partial charge in [-0.25, -0.2) is 4.79 Å². The van der Waals surface area contributed by atoms with Crippen LogP contribution < -0.4 is 5.32 Å². The molecule has 4 rings (SSSR count). The standard InChI is InChI=1S/C26H20ClF3N2O3/c1-15(17-4-6-18(7-5-17)25(34)35)31-24(33)23-14-20(27)13-22-11-10-21(32(22)23)12-16-2-8-19(9-3-16)26(28,29)30/h2-11,13-15H,12H2,1H3,(H,31,33)(H,34,35)/t15-/m0/s1. The van der Waals surface area contributed by atoms with Gasteiger partial charge in [-0.15, -0.1) is 0 Å². The van der Waals surface area contributed by atoms with E-state index in [0.29, 0.717) is 28.2 Å². The summed E-state index contributed by atoms with van der Waals surface area (Å²) in [5.41, 5.74) is 2.45. The van der Waals surface area contributed by atoms with Gasteiger partial charge in [-0.1, -0.05) is 35.9 Å². The van der Waals surface area contributed by atoms with Gasteiger partial charge < -0.3 is 14.8 Å². The smallest absolute Gasteiger partial charge is 0.416 e. The number of hydrogen-bond donors (Lipinski definition) is 2. The largest absolute Gasteiger partial charge is 0.478 e. The van der Waals surface area contributed by atoms with Gasteiger partial charge in [0.2, 0.25) is 0 Å². The average molecular weight is 501 g/mol. The number of amides is 1. The van der Waals surface area contributed by atoms with Crippen molar-refractivity contribution in [2.45, 2.75) is 25.6 Å². The molecule has 180 valence electrons. The number of pyridine rings is 1. The van der Waals surface area contributed by atoms with Crippen LogP contribution >= 0.6 is 11.6 Å². The lowest BCUT2D eigenvalue weighted by Gasteiger charge is -2.17. The first kappa shape index (κ1) is 24.3. The molecule has 0 spiro atoms. The van der Waals surface area contributed by atoms with Crippen LogP contribution in [0.5, 0.6) is 0 Å². The molecule has 2 aromatic carbocycles. The summed E-state index contributed by atoms with van der Waals surface area (Å²) >= 11 is 6.24. The second kappa shape index (κ2) is 9.46. The number of carboxylic acids is 1. The van der Waals surface area contributed by atoms with Gasteiger partial charge in [0, 0.05) is 22.7 Å². The number of aromatic nitrogens is 1. The Labute approximate surface area is 203 Å². The van der Waals surface area contributed by atoms with Crippen molar-refractivity contribution in [2.75, 3.05) is 0 Å². The van der Waals surface area contributed by atoms with Crippen LogP contribution in [-0.2, 0) is 12.6 Å². The zero-order chi connectivity index (χ0) is 25.3. The van der Waals surface area contributed by atoms with Crippen molar-refractivity contribution in [1.82, 2.24) is 9.72 Å². The highest BCUT2D eigenvalue weighted by atomic mass is 35.5. The van der Waals surface area contributed by atoms with Crippen molar-refractivity contribution >= 4 is 29.0 Å². The summed E-state index contributed by atoms with van der Waals surface area (Å²) in [6.07, 6.45) is -4.10. The molecule has 2 heterocycles. The van der Waals surface area contributed by atoms with Crippen LogP contribution in [-0.4, -0.2) is 21.4 Å². The molecule has 0 saturated heterocycles. The quantitative estimate of drug-likeness (QED) is 0.322. The van der Waals surface area contributed by atoms with Crippen LogP contribution in [0, 0.1) is 0 Å². The van der Waals surface area contributed by atoms with Gasteiger partial charge in [-0.2, -0.15) is 13.2 Å². The van der Waals surface area contributed by atoms with Gasteiger partial charge in [-0.3, -0.25) is 4.79 Å². The molecule has 0 radical (unpaired) electrons. The van der Waals surface area contributed by atoms with Crippen molar-refractivity contribution < 1.29 is 27.9 Å². The summed E-state index contributed by atoms with van der Waals surface area (Å²) in [4.78, 5) is 24.3. The molecule has 4 aromatic rings. The van der Waals surface area contributed by atoms with Crippen LogP contribution in [0.4, 0.5) is 13.2 Å². The van der Waals surface area contributed by atoms with E-state index in [9.17, 15) is 22.8 Å². The molecule has 0 aliphatic rings. The summed E-state index contributed by atoms with van der Waals surface area (Å²) in [6.45, 7) is 1.77. The van der Waals surface area contributed by atoms with Crippen molar-refractivity contribution in [3.8, 4) is 0 Å². The first-order chi connectivity index (χ1) is 16.5. The van der Waals surface area contributed by atoms with Crippen LogP contribution in [0.1, 0.15) is 56.2 Å². The third kappa shape index (κ3) is 5.33. The van der Waals surface area contributed by atoms with E-state index < -0.39 is 29.7 Å². The lowest BCUT2D eigenvalue weighted by atomic mass is 10.1.